The Bertz CT molecular complexity index is 413. The van der Waals surface area contributed by atoms with Crippen molar-refractivity contribution in [2.24, 2.45) is 0 Å². The molecule has 1 rings (SSSR count). The summed E-state index contributed by atoms with van der Waals surface area (Å²) in [5, 5.41) is 0. The first-order valence-corrected chi connectivity index (χ1v) is 6.09. The molecule has 0 aliphatic rings. The Hall–Kier alpha value is -0.370. The predicted octanol–water partition coefficient (Wildman–Crippen LogP) is 4.84. The fraction of sp³-hybridized carbons (Fsp3) is 0.400. The van der Waals surface area contributed by atoms with Crippen LogP contribution in [0.25, 0.3) is 0 Å². The molecule has 0 fully saturated rings. The summed E-state index contributed by atoms with van der Waals surface area (Å²) in [6, 6.07) is 4.44. The van der Waals surface area contributed by atoms with Gasteiger partial charge >= 0.3 is 10.8 Å². The van der Waals surface area contributed by atoms with E-state index in [4.69, 9.17) is 4.74 Å². The summed E-state index contributed by atoms with van der Waals surface area (Å²) in [7, 11) is 1.34. The molecule has 0 spiro atoms. The Morgan fingerprint density at radius 2 is 1.39 bits per heavy atom. The Balaban J connectivity index is 3.19. The van der Waals surface area contributed by atoms with Crippen molar-refractivity contribution < 1.29 is 26.7 Å². The lowest BCUT2D eigenvalue weighted by Crippen LogP contribution is -2.47. The van der Waals surface area contributed by atoms with Gasteiger partial charge in [0.2, 0.25) is 4.58 Å². The van der Waals surface area contributed by atoms with Crippen molar-refractivity contribution in [2.75, 3.05) is 7.11 Å². The number of benzene rings is 1. The summed E-state index contributed by atoms with van der Waals surface area (Å²) in [5.74, 6) is 0.313. The predicted molar refractivity (Wildman–Crippen MR) is 63.5 cm³/mol. The van der Waals surface area contributed by atoms with Crippen molar-refractivity contribution in [1.82, 2.24) is 0 Å². The Morgan fingerprint density at radius 3 is 1.72 bits per heavy atom. The van der Waals surface area contributed by atoms with Crippen molar-refractivity contribution in [3.05, 3.63) is 29.8 Å². The highest BCUT2D eigenvalue weighted by Crippen LogP contribution is 2.57. The second-order valence-electron chi connectivity index (χ2n) is 3.38. The van der Waals surface area contributed by atoms with Crippen LogP contribution in [0.2, 0.25) is 0 Å². The molecule has 0 radical (unpaired) electrons. The second kappa shape index (κ2) is 4.96. The molecular weight excluding hydrogens is 391 g/mol. The number of halogens is 7. The number of alkyl halides is 7. The van der Waals surface area contributed by atoms with Crippen LogP contribution in [0, 0.1) is 0 Å². The normalized spacial score (nSPS) is 18.9. The molecule has 0 saturated carbocycles. The van der Waals surface area contributed by atoms with E-state index in [0.29, 0.717) is 5.75 Å². The first-order valence-electron chi connectivity index (χ1n) is 4.51. The molecule has 2 atom stereocenters. The smallest absolute Gasteiger partial charge is 0.437 e. The third-order valence-electron chi connectivity index (χ3n) is 2.20. The first kappa shape index (κ1) is 15.7. The van der Waals surface area contributed by atoms with Gasteiger partial charge < -0.3 is 4.74 Å². The van der Waals surface area contributed by atoms with Crippen molar-refractivity contribution in [3.63, 3.8) is 0 Å². The van der Waals surface area contributed by atoms with Gasteiger partial charge in [-0.25, -0.2) is 8.78 Å². The SMILES string of the molecule is COc1ccc([C@@](F)(Br)[C@@](F)(Br)C(F)(F)F)cc1. The maximum Gasteiger partial charge on any atom is 0.437 e. The summed E-state index contributed by atoms with van der Waals surface area (Å²) in [4.78, 5) is 0. The molecule has 1 nitrogen and oxygen atoms in total. The molecule has 0 aromatic heterocycles. The van der Waals surface area contributed by atoms with E-state index in [1.165, 1.54) is 19.2 Å². The average molecular weight is 398 g/mol. The number of rotatable bonds is 3. The molecular formula is C10H7Br2F5O. The molecule has 1 aromatic rings. The van der Waals surface area contributed by atoms with Crippen LogP contribution < -0.4 is 4.74 Å². The Labute approximate surface area is 117 Å². The maximum atomic E-state index is 14.1. The van der Waals surface area contributed by atoms with E-state index < -0.39 is 20.9 Å². The van der Waals surface area contributed by atoms with Gasteiger partial charge in [-0.15, -0.1) is 0 Å². The molecule has 0 bridgehead atoms. The van der Waals surface area contributed by atoms with Crippen molar-refractivity contribution in [2.45, 2.75) is 15.3 Å². The van der Waals surface area contributed by atoms with E-state index in [9.17, 15) is 22.0 Å². The minimum atomic E-state index is -5.43. The van der Waals surface area contributed by atoms with Crippen LogP contribution >= 0.6 is 31.9 Å². The summed E-state index contributed by atoms with van der Waals surface area (Å²) < 4.78 is 62.0. The zero-order valence-corrected chi connectivity index (χ0v) is 12.0. The lowest BCUT2D eigenvalue weighted by atomic mass is 10.1. The fourth-order valence-corrected chi connectivity index (χ4v) is 1.88. The van der Waals surface area contributed by atoms with Crippen LogP contribution in [0.4, 0.5) is 22.0 Å². The van der Waals surface area contributed by atoms with Crippen LogP contribution in [0.15, 0.2) is 24.3 Å². The van der Waals surface area contributed by atoms with Gasteiger partial charge in [0.1, 0.15) is 5.75 Å². The topological polar surface area (TPSA) is 9.23 Å². The van der Waals surface area contributed by atoms with E-state index in [-0.39, 0.29) is 0 Å². The van der Waals surface area contributed by atoms with E-state index in [0.717, 1.165) is 12.1 Å². The molecule has 0 saturated heterocycles. The van der Waals surface area contributed by atoms with Gasteiger partial charge in [-0.2, -0.15) is 13.2 Å². The van der Waals surface area contributed by atoms with Crippen molar-refractivity contribution in [1.29, 1.82) is 0 Å². The molecule has 0 unspecified atom stereocenters. The zero-order chi connectivity index (χ0) is 14.2. The third-order valence-corrected chi connectivity index (χ3v) is 4.74. The monoisotopic (exact) mass is 396 g/mol. The molecule has 0 aliphatic heterocycles. The molecule has 0 aliphatic carbocycles. The van der Waals surface area contributed by atoms with E-state index >= 15 is 0 Å². The number of hydrogen-bond donors (Lipinski definition) is 0. The standard InChI is InChI=1S/C10H7Br2F5O/c1-18-7-4-2-6(3-5-7)8(11,13)9(12,14)10(15,16)17/h2-5H,1H3/t8-,9-/m0/s1. The average Bonchev–Trinajstić information content (AvgIpc) is 2.27. The molecule has 1 aromatic carbocycles. The van der Waals surface area contributed by atoms with Gasteiger partial charge in [0, 0.05) is 5.56 Å². The highest BCUT2D eigenvalue weighted by molar-refractivity contribution is 9.12. The van der Waals surface area contributed by atoms with E-state index in [2.05, 4.69) is 15.9 Å². The maximum absolute atomic E-state index is 14.1. The third kappa shape index (κ3) is 2.64. The van der Waals surface area contributed by atoms with Crippen molar-refractivity contribution >= 4 is 31.9 Å². The largest absolute Gasteiger partial charge is 0.497 e. The Kier molecular flexibility index (Phi) is 4.32. The lowest BCUT2D eigenvalue weighted by Gasteiger charge is -2.32. The molecule has 0 heterocycles. The zero-order valence-electron chi connectivity index (χ0n) is 8.86. The van der Waals surface area contributed by atoms with Gasteiger partial charge in [-0.1, -0.05) is 12.1 Å². The highest BCUT2D eigenvalue weighted by Gasteiger charge is 2.68. The minimum Gasteiger partial charge on any atom is -0.497 e. The highest BCUT2D eigenvalue weighted by atomic mass is 79.9. The summed E-state index contributed by atoms with van der Waals surface area (Å²) in [5.41, 5.74) is -0.528. The second-order valence-corrected chi connectivity index (χ2v) is 5.56. The first-order chi connectivity index (χ1) is 8.04. The number of methoxy groups -OCH3 is 1. The van der Waals surface area contributed by atoms with Gasteiger partial charge in [0.05, 0.1) is 7.11 Å². The van der Waals surface area contributed by atoms with E-state index in [1.54, 1.807) is 15.9 Å². The van der Waals surface area contributed by atoms with E-state index in [1.807, 2.05) is 0 Å². The summed E-state index contributed by atoms with van der Waals surface area (Å²) in [6.07, 6.45) is -5.43. The molecule has 8 heteroatoms. The molecule has 18 heavy (non-hydrogen) atoms. The van der Waals surface area contributed by atoms with Gasteiger partial charge in [-0.3, -0.25) is 0 Å². The van der Waals surface area contributed by atoms with Crippen molar-refractivity contribution in [3.8, 4) is 5.75 Å². The molecule has 102 valence electrons. The number of ether oxygens (including phenoxy) is 1. The van der Waals surface area contributed by atoms with Crippen LogP contribution in [0.3, 0.4) is 0 Å². The van der Waals surface area contributed by atoms with Crippen LogP contribution in [-0.4, -0.2) is 17.9 Å². The minimum absolute atomic E-state index is 0.313. The molecule has 0 N–H and O–H groups in total. The van der Waals surface area contributed by atoms with Crippen LogP contribution in [0.5, 0.6) is 5.75 Å². The lowest BCUT2D eigenvalue weighted by molar-refractivity contribution is -0.214. The number of hydrogen-bond acceptors (Lipinski definition) is 1. The molecule has 0 amide bonds. The quantitative estimate of drug-likeness (QED) is 0.524. The van der Waals surface area contributed by atoms with Gasteiger partial charge in [-0.05, 0) is 44.0 Å². The summed E-state index contributed by atoms with van der Waals surface area (Å²) in [6.45, 7) is 0. The van der Waals surface area contributed by atoms with Gasteiger partial charge in [0.25, 0.3) is 0 Å². The Morgan fingerprint density at radius 1 is 0.944 bits per heavy atom. The van der Waals surface area contributed by atoms with Crippen LogP contribution in [-0.2, 0) is 4.58 Å². The van der Waals surface area contributed by atoms with Gasteiger partial charge in [0.15, 0.2) is 0 Å². The fourth-order valence-electron chi connectivity index (χ4n) is 1.16. The van der Waals surface area contributed by atoms with Crippen LogP contribution in [0.1, 0.15) is 5.56 Å². The summed E-state index contributed by atoms with van der Waals surface area (Å²) >= 11 is 3.90.